The second-order valence-electron chi connectivity index (χ2n) is 10.1. The van der Waals surface area contributed by atoms with Gasteiger partial charge in [0.1, 0.15) is 0 Å². The van der Waals surface area contributed by atoms with E-state index in [4.69, 9.17) is 18.9 Å². The Morgan fingerprint density at radius 1 is 0.850 bits per heavy atom. The van der Waals surface area contributed by atoms with Crippen LogP contribution in [-0.2, 0) is 25.5 Å². The van der Waals surface area contributed by atoms with Gasteiger partial charge >= 0.3 is 11.9 Å². The van der Waals surface area contributed by atoms with Crippen molar-refractivity contribution in [3.05, 3.63) is 82.2 Å². The van der Waals surface area contributed by atoms with Gasteiger partial charge in [-0.15, -0.1) is 0 Å². The predicted octanol–water partition coefficient (Wildman–Crippen LogP) is 4.95. The zero-order valence-electron chi connectivity index (χ0n) is 24.8. The van der Waals surface area contributed by atoms with Crippen molar-refractivity contribution in [2.75, 3.05) is 55.1 Å². The first kappa shape index (κ1) is 30.8. The third-order valence-corrected chi connectivity index (χ3v) is 7.21. The molecule has 0 amide bonds. The predicted molar refractivity (Wildman–Crippen MR) is 155 cm³/mol. The fraction of sp³-hybridized carbons (Fsp3) is 0.438. The molecule has 1 aliphatic heterocycles. The van der Waals surface area contributed by atoms with E-state index in [0.717, 1.165) is 30.8 Å². The van der Waals surface area contributed by atoms with E-state index in [0.29, 0.717) is 41.2 Å². The Morgan fingerprint density at radius 3 is 2.10 bits per heavy atom. The zero-order valence-corrected chi connectivity index (χ0v) is 24.8. The summed E-state index contributed by atoms with van der Waals surface area (Å²) < 4.78 is 22.0. The number of aryl methyl sites for hydroxylation is 1. The fourth-order valence-electron chi connectivity index (χ4n) is 5.16. The molecule has 0 radical (unpaired) electrons. The molecule has 3 rings (SSSR count). The van der Waals surface area contributed by atoms with Gasteiger partial charge in [0, 0.05) is 24.5 Å². The van der Waals surface area contributed by atoms with E-state index in [1.165, 1.54) is 12.7 Å². The maximum absolute atomic E-state index is 13.8. The summed E-state index contributed by atoms with van der Waals surface area (Å²) in [7, 11) is 8.44. The first-order chi connectivity index (χ1) is 19.2. The number of ether oxygens (including phenoxy) is 4. The van der Waals surface area contributed by atoms with Gasteiger partial charge in [0.05, 0.1) is 45.0 Å². The second kappa shape index (κ2) is 14.6. The molecule has 0 saturated heterocycles. The van der Waals surface area contributed by atoms with Gasteiger partial charge in [-0.05, 0) is 70.5 Å². The molecule has 2 aromatic carbocycles. The lowest BCUT2D eigenvalue weighted by Gasteiger charge is -2.38. The second-order valence-corrected chi connectivity index (χ2v) is 10.1. The van der Waals surface area contributed by atoms with Gasteiger partial charge in [0.15, 0.2) is 11.5 Å². The topological polar surface area (TPSA) is 77.5 Å². The normalized spacial score (nSPS) is 15.4. The third kappa shape index (κ3) is 7.24. The lowest BCUT2D eigenvalue weighted by atomic mass is 9.79. The molecule has 0 spiro atoms. The van der Waals surface area contributed by atoms with Crippen LogP contribution in [-0.4, -0.2) is 76.9 Å². The molecule has 1 unspecified atom stereocenters. The molecule has 2 aromatic rings. The van der Waals surface area contributed by atoms with E-state index in [1.54, 1.807) is 26.4 Å². The van der Waals surface area contributed by atoms with Crippen molar-refractivity contribution >= 4 is 11.9 Å². The van der Waals surface area contributed by atoms with Crippen LogP contribution in [0, 0.1) is 0 Å². The summed E-state index contributed by atoms with van der Waals surface area (Å²) in [4.78, 5) is 31.2. The van der Waals surface area contributed by atoms with Crippen LogP contribution in [0.3, 0.4) is 0 Å². The smallest absolute Gasteiger partial charge is 0.336 e. The third-order valence-electron chi connectivity index (χ3n) is 7.21. The van der Waals surface area contributed by atoms with E-state index >= 15 is 0 Å². The van der Waals surface area contributed by atoms with E-state index in [2.05, 4.69) is 12.1 Å². The van der Waals surface area contributed by atoms with E-state index in [-0.39, 0.29) is 6.61 Å². The Balaban J connectivity index is 2.07. The lowest BCUT2D eigenvalue weighted by molar-refractivity contribution is -0.139. The molecule has 0 N–H and O–H groups in total. The first-order valence-electron chi connectivity index (χ1n) is 13.6. The van der Waals surface area contributed by atoms with Crippen molar-refractivity contribution < 1.29 is 28.5 Å². The Kier molecular flexibility index (Phi) is 11.2. The number of esters is 2. The lowest BCUT2D eigenvalue weighted by Crippen LogP contribution is -2.36. The molecule has 1 aliphatic rings. The minimum Gasteiger partial charge on any atom is -0.493 e. The minimum atomic E-state index is -0.695. The van der Waals surface area contributed by atoms with E-state index in [1.807, 2.05) is 62.0 Å². The molecule has 8 heteroatoms. The van der Waals surface area contributed by atoms with Crippen molar-refractivity contribution in [2.45, 2.75) is 39.0 Å². The summed E-state index contributed by atoms with van der Waals surface area (Å²) in [5.41, 5.74) is 4.28. The molecule has 0 fully saturated rings. The number of carbonyl (C=O) groups is 2. The van der Waals surface area contributed by atoms with Crippen molar-refractivity contribution in [1.29, 1.82) is 0 Å². The average molecular weight is 551 g/mol. The maximum atomic E-state index is 13.8. The van der Waals surface area contributed by atoms with Crippen LogP contribution < -0.4 is 9.47 Å². The van der Waals surface area contributed by atoms with Gasteiger partial charge in [-0.2, -0.15) is 0 Å². The zero-order chi connectivity index (χ0) is 29.2. The van der Waals surface area contributed by atoms with Crippen molar-refractivity contribution in [3.63, 3.8) is 0 Å². The number of methoxy groups -OCH3 is 3. The molecule has 0 bridgehead atoms. The molecule has 1 heterocycles. The largest absolute Gasteiger partial charge is 0.493 e. The Hall–Kier alpha value is -3.78. The molecule has 8 nitrogen and oxygen atoms in total. The molecule has 0 saturated carbocycles. The van der Waals surface area contributed by atoms with Gasteiger partial charge < -0.3 is 28.7 Å². The molecule has 1 atom stereocenters. The summed E-state index contributed by atoms with van der Waals surface area (Å²) in [6, 6.07) is 15.7. The van der Waals surface area contributed by atoms with Crippen LogP contribution in [0.2, 0.25) is 0 Å². The van der Waals surface area contributed by atoms with E-state index < -0.39 is 17.9 Å². The molecule has 0 aliphatic carbocycles. The summed E-state index contributed by atoms with van der Waals surface area (Å²) in [6.45, 7) is 5.53. The summed E-state index contributed by atoms with van der Waals surface area (Å²) in [5.74, 6) is -0.574. The highest BCUT2D eigenvalue weighted by molar-refractivity contribution is 6.00. The monoisotopic (exact) mass is 550 g/mol. The summed E-state index contributed by atoms with van der Waals surface area (Å²) in [5, 5.41) is 0. The highest BCUT2D eigenvalue weighted by atomic mass is 16.5. The quantitative estimate of drug-likeness (QED) is 0.256. The molecule has 216 valence electrons. The average Bonchev–Trinajstić information content (AvgIpc) is 2.96. The van der Waals surface area contributed by atoms with Gasteiger partial charge in [-0.3, -0.25) is 0 Å². The molecular formula is C32H42N2O6. The number of carbonyl (C=O) groups excluding carboxylic acids is 2. The van der Waals surface area contributed by atoms with Gasteiger partial charge in [-0.1, -0.05) is 36.4 Å². The van der Waals surface area contributed by atoms with Gasteiger partial charge in [0.25, 0.3) is 0 Å². The molecule has 40 heavy (non-hydrogen) atoms. The number of allylic oxidation sites excluding steroid dienone is 2. The number of hydrogen-bond donors (Lipinski definition) is 0. The molecule has 0 aromatic heterocycles. The first-order valence-corrected chi connectivity index (χ1v) is 13.6. The van der Waals surface area contributed by atoms with Crippen LogP contribution in [0.1, 0.15) is 43.7 Å². The highest BCUT2D eigenvalue weighted by Gasteiger charge is 2.40. The summed E-state index contributed by atoms with van der Waals surface area (Å²) >= 11 is 0. The van der Waals surface area contributed by atoms with Crippen LogP contribution >= 0.6 is 0 Å². The fourth-order valence-corrected chi connectivity index (χ4v) is 5.16. The van der Waals surface area contributed by atoms with Gasteiger partial charge in [0.2, 0.25) is 0 Å². The van der Waals surface area contributed by atoms with Crippen molar-refractivity contribution in [3.8, 4) is 11.5 Å². The number of benzene rings is 2. The Morgan fingerprint density at radius 2 is 1.50 bits per heavy atom. The highest BCUT2D eigenvalue weighted by Crippen LogP contribution is 2.44. The summed E-state index contributed by atoms with van der Waals surface area (Å²) in [6.07, 6.45) is 2.40. The van der Waals surface area contributed by atoms with E-state index in [9.17, 15) is 9.59 Å². The van der Waals surface area contributed by atoms with Crippen LogP contribution in [0.4, 0.5) is 0 Å². The van der Waals surface area contributed by atoms with Crippen molar-refractivity contribution in [1.82, 2.24) is 9.80 Å². The standard InChI is InChI=1S/C32H42N2O6/c1-22-28(31(35)39-7)30(25-16-17-26(37-5)27(21-25)38-6)29(32(36)40-20-12-18-33(3)4)23(2)34(22)19-11-15-24-13-9-8-10-14-24/h8-10,13-14,16-17,21,30H,11-12,15,18-20H2,1-7H3. The Labute approximate surface area is 238 Å². The van der Waals surface area contributed by atoms with Gasteiger partial charge in [-0.25, -0.2) is 9.59 Å². The number of hydrogen-bond acceptors (Lipinski definition) is 8. The number of nitrogens with zero attached hydrogens (tertiary/aromatic N) is 2. The minimum absolute atomic E-state index is 0.275. The molecular weight excluding hydrogens is 508 g/mol. The maximum Gasteiger partial charge on any atom is 0.336 e. The number of rotatable bonds is 13. The Bertz CT molecular complexity index is 1240. The van der Waals surface area contributed by atoms with Crippen LogP contribution in [0.15, 0.2) is 71.1 Å². The van der Waals surface area contributed by atoms with Crippen LogP contribution in [0.5, 0.6) is 11.5 Å². The SMILES string of the molecule is COC(=O)C1=C(C)N(CCCc2ccccc2)C(C)=C(C(=O)OCCCN(C)C)C1c1ccc(OC)c(OC)c1. The van der Waals surface area contributed by atoms with Crippen molar-refractivity contribution in [2.24, 2.45) is 0 Å². The van der Waals surface area contributed by atoms with Crippen LogP contribution in [0.25, 0.3) is 0 Å².